The highest BCUT2D eigenvalue weighted by Crippen LogP contribution is 2.29. The fourth-order valence-electron chi connectivity index (χ4n) is 1.65. The summed E-state index contributed by atoms with van der Waals surface area (Å²) in [5, 5.41) is 0. The SMILES string of the molecule is COc1ccc(C)cc1NS(=O)(=O)c1ccc(C)s1. The van der Waals surface area contributed by atoms with E-state index < -0.39 is 10.0 Å². The maximum Gasteiger partial charge on any atom is 0.271 e. The summed E-state index contributed by atoms with van der Waals surface area (Å²) >= 11 is 1.24. The normalized spacial score (nSPS) is 11.3. The molecule has 102 valence electrons. The molecule has 0 amide bonds. The Hall–Kier alpha value is -1.53. The average Bonchev–Trinajstić information content (AvgIpc) is 2.76. The molecule has 1 heterocycles. The maximum atomic E-state index is 12.2. The molecule has 1 aromatic heterocycles. The summed E-state index contributed by atoms with van der Waals surface area (Å²) in [6.45, 7) is 3.77. The standard InChI is InChI=1S/C13H15NO3S2/c1-9-4-6-12(17-3)11(8-9)14-19(15,16)13-7-5-10(2)18-13/h4-8,14H,1-3H3. The molecule has 4 nitrogen and oxygen atoms in total. The van der Waals surface area contributed by atoms with Crippen molar-refractivity contribution in [1.82, 2.24) is 0 Å². The van der Waals surface area contributed by atoms with Gasteiger partial charge in [0.15, 0.2) is 0 Å². The second-order valence-electron chi connectivity index (χ2n) is 4.17. The van der Waals surface area contributed by atoms with Crippen molar-refractivity contribution in [3.05, 3.63) is 40.8 Å². The van der Waals surface area contributed by atoms with E-state index in [9.17, 15) is 8.42 Å². The van der Waals surface area contributed by atoms with Crippen LogP contribution in [0, 0.1) is 13.8 Å². The molecule has 0 bridgehead atoms. The van der Waals surface area contributed by atoms with Crippen LogP contribution in [-0.2, 0) is 10.0 Å². The number of benzene rings is 1. The van der Waals surface area contributed by atoms with Crippen LogP contribution in [-0.4, -0.2) is 15.5 Å². The molecule has 0 atom stereocenters. The van der Waals surface area contributed by atoms with E-state index in [2.05, 4.69) is 4.72 Å². The zero-order chi connectivity index (χ0) is 14.0. The van der Waals surface area contributed by atoms with Crippen LogP contribution in [0.3, 0.4) is 0 Å². The first-order valence-electron chi connectivity index (χ1n) is 5.66. The molecule has 0 aliphatic rings. The third-order valence-electron chi connectivity index (χ3n) is 2.58. The number of sulfonamides is 1. The molecule has 2 rings (SSSR count). The second-order valence-corrected chi connectivity index (χ2v) is 7.37. The number of rotatable bonds is 4. The van der Waals surface area contributed by atoms with Gasteiger partial charge in [0.25, 0.3) is 10.0 Å². The number of thiophene rings is 1. The van der Waals surface area contributed by atoms with Crippen molar-refractivity contribution in [3.63, 3.8) is 0 Å². The lowest BCUT2D eigenvalue weighted by Crippen LogP contribution is -2.12. The molecule has 0 radical (unpaired) electrons. The molecular formula is C13H15NO3S2. The molecule has 1 N–H and O–H groups in total. The minimum Gasteiger partial charge on any atom is -0.495 e. The van der Waals surface area contributed by atoms with Crippen molar-refractivity contribution in [2.75, 3.05) is 11.8 Å². The van der Waals surface area contributed by atoms with Crippen molar-refractivity contribution >= 4 is 27.0 Å². The Balaban J connectivity index is 2.38. The van der Waals surface area contributed by atoms with Gasteiger partial charge in [-0.1, -0.05) is 6.07 Å². The molecule has 0 fully saturated rings. The second kappa shape index (κ2) is 5.22. The summed E-state index contributed by atoms with van der Waals surface area (Å²) in [7, 11) is -2.04. The summed E-state index contributed by atoms with van der Waals surface area (Å²) in [5.41, 5.74) is 1.41. The Morgan fingerprint density at radius 2 is 1.89 bits per heavy atom. The lowest BCUT2D eigenvalue weighted by molar-refractivity contribution is 0.417. The molecule has 6 heteroatoms. The molecule has 1 aromatic carbocycles. The van der Waals surface area contributed by atoms with Gasteiger partial charge in [-0.2, -0.15) is 0 Å². The monoisotopic (exact) mass is 297 g/mol. The van der Waals surface area contributed by atoms with Gasteiger partial charge in [0.1, 0.15) is 9.96 Å². The Kier molecular flexibility index (Phi) is 3.82. The Bertz CT molecular complexity index is 690. The van der Waals surface area contributed by atoms with Gasteiger partial charge >= 0.3 is 0 Å². The summed E-state index contributed by atoms with van der Waals surface area (Å²) in [6.07, 6.45) is 0. The van der Waals surface area contributed by atoms with Gasteiger partial charge in [-0.3, -0.25) is 4.72 Å². The molecule has 0 aliphatic carbocycles. The first-order chi connectivity index (χ1) is 8.92. The first kappa shape index (κ1) is 13.9. The van der Waals surface area contributed by atoms with E-state index >= 15 is 0 Å². The third-order valence-corrected chi connectivity index (χ3v) is 5.44. The van der Waals surface area contributed by atoms with Crippen LogP contribution in [0.5, 0.6) is 5.75 Å². The lowest BCUT2D eigenvalue weighted by Gasteiger charge is -2.11. The fraction of sp³-hybridized carbons (Fsp3) is 0.231. The molecule has 19 heavy (non-hydrogen) atoms. The van der Waals surface area contributed by atoms with E-state index in [0.717, 1.165) is 10.4 Å². The van der Waals surface area contributed by atoms with Gasteiger partial charge in [-0.05, 0) is 43.7 Å². The van der Waals surface area contributed by atoms with E-state index in [4.69, 9.17) is 4.74 Å². The highest BCUT2D eigenvalue weighted by Gasteiger charge is 2.18. The molecule has 0 aliphatic heterocycles. The first-order valence-corrected chi connectivity index (χ1v) is 7.96. The van der Waals surface area contributed by atoms with Crippen molar-refractivity contribution < 1.29 is 13.2 Å². The van der Waals surface area contributed by atoms with Gasteiger partial charge in [0, 0.05) is 4.88 Å². The van der Waals surface area contributed by atoms with Crippen molar-refractivity contribution in [2.24, 2.45) is 0 Å². The van der Waals surface area contributed by atoms with E-state index in [0.29, 0.717) is 15.6 Å². The minimum absolute atomic E-state index is 0.300. The number of methoxy groups -OCH3 is 1. The smallest absolute Gasteiger partial charge is 0.271 e. The van der Waals surface area contributed by atoms with Crippen LogP contribution in [0.15, 0.2) is 34.5 Å². The molecular weight excluding hydrogens is 282 g/mol. The molecule has 2 aromatic rings. The summed E-state index contributed by atoms with van der Waals surface area (Å²) < 4.78 is 32.5. The summed E-state index contributed by atoms with van der Waals surface area (Å²) in [5.74, 6) is 0.502. The number of anilines is 1. The van der Waals surface area contributed by atoms with Crippen molar-refractivity contribution in [1.29, 1.82) is 0 Å². The predicted molar refractivity (Wildman–Crippen MR) is 77.6 cm³/mol. The highest BCUT2D eigenvalue weighted by atomic mass is 32.2. The quantitative estimate of drug-likeness (QED) is 0.943. The van der Waals surface area contributed by atoms with Crippen LogP contribution >= 0.6 is 11.3 Å². The van der Waals surface area contributed by atoms with E-state index in [-0.39, 0.29) is 0 Å². The molecule has 0 spiro atoms. The molecule has 0 unspecified atom stereocenters. The van der Waals surface area contributed by atoms with Crippen molar-refractivity contribution in [2.45, 2.75) is 18.1 Å². The van der Waals surface area contributed by atoms with Crippen LogP contribution in [0.25, 0.3) is 0 Å². The van der Waals surface area contributed by atoms with Gasteiger partial charge in [-0.15, -0.1) is 11.3 Å². The maximum absolute atomic E-state index is 12.2. The fourth-order valence-corrected chi connectivity index (χ4v) is 4.00. The Morgan fingerprint density at radius 3 is 2.47 bits per heavy atom. The third kappa shape index (κ3) is 3.08. The van der Waals surface area contributed by atoms with Crippen LogP contribution in [0.2, 0.25) is 0 Å². The van der Waals surface area contributed by atoms with E-state index in [1.807, 2.05) is 19.9 Å². The van der Waals surface area contributed by atoms with Gasteiger partial charge < -0.3 is 4.74 Å². The predicted octanol–water partition coefficient (Wildman–Crippen LogP) is 3.17. The van der Waals surface area contributed by atoms with Gasteiger partial charge in [0.05, 0.1) is 12.8 Å². The Labute approximate surface area is 117 Å². The van der Waals surface area contributed by atoms with E-state index in [1.54, 1.807) is 24.3 Å². The lowest BCUT2D eigenvalue weighted by atomic mass is 10.2. The number of aryl methyl sites for hydroxylation is 2. The van der Waals surface area contributed by atoms with Crippen LogP contribution < -0.4 is 9.46 Å². The molecule has 0 saturated carbocycles. The number of hydrogen-bond acceptors (Lipinski definition) is 4. The average molecular weight is 297 g/mol. The van der Waals surface area contributed by atoms with Gasteiger partial charge in [0.2, 0.25) is 0 Å². The van der Waals surface area contributed by atoms with E-state index in [1.165, 1.54) is 18.4 Å². The topological polar surface area (TPSA) is 55.4 Å². The van der Waals surface area contributed by atoms with Crippen LogP contribution in [0.1, 0.15) is 10.4 Å². The number of hydrogen-bond donors (Lipinski definition) is 1. The Morgan fingerprint density at radius 1 is 1.16 bits per heavy atom. The largest absolute Gasteiger partial charge is 0.495 e. The zero-order valence-corrected chi connectivity index (χ0v) is 12.6. The highest BCUT2D eigenvalue weighted by molar-refractivity contribution is 7.94. The van der Waals surface area contributed by atoms with Crippen LogP contribution in [0.4, 0.5) is 5.69 Å². The number of ether oxygens (including phenoxy) is 1. The minimum atomic E-state index is -3.55. The van der Waals surface area contributed by atoms with Gasteiger partial charge in [-0.25, -0.2) is 8.42 Å². The summed E-state index contributed by atoms with van der Waals surface area (Å²) in [6, 6.07) is 8.74. The molecule has 0 saturated heterocycles. The zero-order valence-electron chi connectivity index (χ0n) is 10.9. The summed E-state index contributed by atoms with van der Waals surface area (Å²) in [4.78, 5) is 0.955. The number of nitrogens with one attached hydrogen (secondary N) is 1. The van der Waals surface area contributed by atoms with Crippen molar-refractivity contribution in [3.8, 4) is 5.75 Å².